The number of nitrogens with one attached hydrogen (secondary N) is 2. The number of hydrogen-bond donors (Lipinski definition) is 2. The molecule has 8 heteroatoms. The van der Waals surface area contributed by atoms with Crippen LogP contribution in [0.25, 0.3) is 0 Å². The van der Waals surface area contributed by atoms with Gasteiger partial charge in [-0.15, -0.1) is 0 Å². The lowest BCUT2D eigenvalue weighted by Gasteiger charge is -2.40. The molecule has 2 N–H and O–H groups in total. The normalized spacial score (nSPS) is 19.6. The Bertz CT molecular complexity index is 816. The molecular formula is C24H35N5O3. The maximum absolute atomic E-state index is 13.3. The number of anilines is 1. The van der Waals surface area contributed by atoms with Crippen molar-refractivity contribution in [2.45, 2.75) is 51.6 Å². The summed E-state index contributed by atoms with van der Waals surface area (Å²) in [4.78, 5) is 29.9. The Morgan fingerprint density at radius 1 is 1.12 bits per heavy atom. The second-order valence-corrected chi connectivity index (χ2v) is 9.87. The molecule has 8 nitrogen and oxygen atoms in total. The average molecular weight is 442 g/mol. The molecule has 2 fully saturated rings. The molecule has 1 aromatic rings. The van der Waals surface area contributed by atoms with E-state index in [-0.39, 0.29) is 17.4 Å². The van der Waals surface area contributed by atoms with E-state index in [1.54, 1.807) is 4.90 Å². The van der Waals surface area contributed by atoms with Crippen molar-refractivity contribution in [1.29, 1.82) is 5.26 Å². The van der Waals surface area contributed by atoms with Gasteiger partial charge in [0, 0.05) is 44.7 Å². The summed E-state index contributed by atoms with van der Waals surface area (Å²) < 4.78 is 5.31. The van der Waals surface area contributed by atoms with E-state index in [2.05, 4.69) is 33.7 Å². The number of carbonyl (C=O) groups is 2. The molecule has 3 rings (SSSR count). The van der Waals surface area contributed by atoms with Gasteiger partial charge in [0.15, 0.2) is 0 Å². The van der Waals surface area contributed by atoms with Crippen LogP contribution in [0.4, 0.5) is 10.5 Å². The van der Waals surface area contributed by atoms with Crippen LogP contribution in [0.3, 0.4) is 0 Å². The largest absolute Gasteiger partial charge is 0.378 e. The van der Waals surface area contributed by atoms with Crippen molar-refractivity contribution >= 4 is 17.6 Å². The standard InChI is InChI=1S/C24H35N5O3/c1-23(2,3)17-20(26-22(31)29-13-15-32-16-14-29)21(30)27-24(18-25)9-11-28(12-10-24)19-7-5-4-6-8-19/h4-8,20H,9-17H2,1-3H3,(H,26,31)(H,27,30). The minimum Gasteiger partial charge on any atom is -0.378 e. The van der Waals surface area contributed by atoms with Crippen molar-refractivity contribution < 1.29 is 14.3 Å². The zero-order valence-electron chi connectivity index (χ0n) is 19.4. The molecule has 2 aliphatic rings. The van der Waals surface area contributed by atoms with Gasteiger partial charge in [-0.05, 0) is 24.0 Å². The number of nitriles is 1. The van der Waals surface area contributed by atoms with Gasteiger partial charge in [0.25, 0.3) is 0 Å². The summed E-state index contributed by atoms with van der Waals surface area (Å²) in [6, 6.07) is 11.5. The van der Waals surface area contributed by atoms with Crippen LogP contribution in [0.2, 0.25) is 0 Å². The lowest BCUT2D eigenvalue weighted by molar-refractivity contribution is -0.125. The van der Waals surface area contributed by atoms with Crippen LogP contribution in [-0.2, 0) is 9.53 Å². The number of amides is 3. The third kappa shape index (κ3) is 6.36. The molecular weight excluding hydrogens is 406 g/mol. The highest BCUT2D eigenvalue weighted by Gasteiger charge is 2.39. The highest BCUT2D eigenvalue weighted by Crippen LogP contribution is 2.27. The first-order chi connectivity index (χ1) is 15.2. The first-order valence-corrected chi connectivity index (χ1v) is 11.4. The van der Waals surface area contributed by atoms with Gasteiger partial charge in [0.05, 0.1) is 19.3 Å². The molecule has 3 amide bonds. The Hall–Kier alpha value is -2.79. The lowest BCUT2D eigenvalue weighted by Crippen LogP contribution is -2.60. The van der Waals surface area contributed by atoms with Crippen LogP contribution in [-0.4, -0.2) is 67.8 Å². The average Bonchev–Trinajstić information content (AvgIpc) is 2.79. The smallest absolute Gasteiger partial charge is 0.318 e. The summed E-state index contributed by atoms with van der Waals surface area (Å²) in [5.41, 5.74) is 0.0210. The molecule has 2 heterocycles. The monoisotopic (exact) mass is 441 g/mol. The summed E-state index contributed by atoms with van der Waals surface area (Å²) in [5, 5.41) is 15.9. The molecule has 174 valence electrons. The third-order valence-electron chi connectivity index (χ3n) is 6.04. The molecule has 32 heavy (non-hydrogen) atoms. The first-order valence-electron chi connectivity index (χ1n) is 11.4. The van der Waals surface area contributed by atoms with E-state index in [9.17, 15) is 14.9 Å². The van der Waals surface area contributed by atoms with Gasteiger partial charge in [-0.1, -0.05) is 39.0 Å². The highest BCUT2D eigenvalue weighted by atomic mass is 16.5. The molecule has 0 aromatic heterocycles. The highest BCUT2D eigenvalue weighted by molar-refractivity contribution is 5.88. The van der Waals surface area contributed by atoms with Gasteiger partial charge in [0.2, 0.25) is 5.91 Å². The van der Waals surface area contributed by atoms with E-state index < -0.39 is 11.6 Å². The van der Waals surface area contributed by atoms with Crippen LogP contribution < -0.4 is 15.5 Å². The number of nitrogens with zero attached hydrogens (tertiary/aromatic N) is 3. The van der Waals surface area contributed by atoms with Crippen molar-refractivity contribution in [2.24, 2.45) is 5.41 Å². The van der Waals surface area contributed by atoms with Gasteiger partial charge in [-0.3, -0.25) is 4.79 Å². The summed E-state index contributed by atoms with van der Waals surface area (Å²) >= 11 is 0. The number of piperidine rings is 1. The Morgan fingerprint density at radius 3 is 2.31 bits per heavy atom. The Balaban J connectivity index is 1.65. The molecule has 0 saturated carbocycles. The van der Waals surface area contributed by atoms with Crippen LogP contribution in [0.5, 0.6) is 0 Å². The molecule has 1 unspecified atom stereocenters. The predicted octanol–water partition coefficient (Wildman–Crippen LogP) is 2.51. The van der Waals surface area contributed by atoms with E-state index >= 15 is 0 Å². The molecule has 1 aromatic carbocycles. The van der Waals surface area contributed by atoms with Crippen molar-refractivity contribution in [2.75, 3.05) is 44.3 Å². The summed E-state index contributed by atoms with van der Waals surface area (Å²) in [5.74, 6) is -0.295. The molecule has 0 bridgehead atoms. The van der Waals surface area contributed by atoms with Crippen molar-refractivity contribution in [3.8, 4) is 6.07 Å². The number of benzene rings is 1. The Labute approximate surface area is 190 Å². The fourth-order valence-electron chi connectivity index (χ4n) is 4.20. The topological polar surface area (TPSA) is 97.7 Å². The molecule has 0 aliphatic carbocycles. The number of para-hydroxylation sites is 1. The molecule has 1 atom stereocenters. The third-order valence-corrected chi connectivity index (χ3v) is 6.04. The maximum atomic E-state index is 13.3. The van der Waals surface area contributed by atoms with Crippen LogP contribution in [0.1, 0.15) is 40.0 Å². The van der Waals surface area contributed by atoms with Crippen molar-refractivity contribution in [3.05, 3.63) is 30.3 Å². The molecule has 2 saturated heterocycles. The van der Waals surface area contributed by atoms with E-state index in [1.165, 1.54) is 0 Å². The minimum absolute atomic E-state index is 0.170. The summed E-state index contributed by atoms with van der Waals surface area (Å²) in [6.45, 7) is 9.48. The summed E-state index contributed by atoms with van der Waals surface area (Å²) in [6.07, 6.45) is 1.54. The second-order valence-electron chi connectivity index (χ2n) is 9.87. The Kier molecular flexibility index (Phi) is 7.62. The van der Waals surface area contributed by atoms with Crippen LogP contribution in [0, 0.1) is 16.7 Å². The first kappa shape index (κ1) is 23.9. The minimum atomic E-state index is -0.928. The van der Waals surface area contributed by atoms with E-state index in [1.807, 2.05) is 39.0 Å². The number of carbonyl (C=O) groups excluding carboxylic acids is 2. The maximum Gasteiger partial charge on any atom is 0.318 e. The van der Waals surface area contributed by atoms with Gasteiger partial charge in [-0.25, -0.2) is 4.79 Å². The van der Waals surface area contributed by atoms with Gasteiger partial charge in [0.1, 0.15) is 11.6 Å². The zero-order valence-corrected chi connectivity index (χ0v) is 19.4. The predicted molar refractivity (Wildman–Crippen MR) is 123 cm³/mol. The van der Waals surface area contributed by atoms with Crippen LogP contribution in [0.15, 0.2) is 30.3 Å². The quantitative estimate of drug-likeness (QED) is 0.732. The second kappa shape index (κ2) is 10.2. The fraction of sp³-hybridized carbons (Fsp3) is 0.625. The molecule has 0 spiro atoms. The number of rotatable bonds is 5. The van der Waals surface area contributed by atoms with Crippen molar-refractivity contribution in [3.63, 3.8) is 0 Å². The zero-order chi connectivity index (χ0) is 23.2. The van der Waals surface area contributed by atoms with Gasteiger partial charge >= 0.3 is 6.03 Å². The number of urea groups is 1. The Morgan fingerprint density at radius 2 is 1.75 bits per heavy atom. The number of ether oxygens (including phenoxy) is 1. The SMILES string of the molecule is CC(C)(C)CC(NC(=O)N1CCOCC1)C(=O)NC1(C#N)CCN(c2ccccc2)CC1. The number of hydrogen-bond acceptors (Lipinski definition) is 5. The van der Waals surface area contributed by atoms with Gasteiger partial charge < -0.3 is 25.2 Å². The summed E-state index contributed by atoms with van der Waals surface area (Å²) in [7, 11) is 0. The fourth-order valence-corrected chi connectivity index (χ4v) is 4.20. The van der Waals surface area contributed by atoms with E-state index in [4.69, 9.17) is 4.74 Å². The van der Waals surface area contributed by atoms with Crippen molar-refractivity contribution in [1.82, 2.24) is 15.5 Å². The van der Waals surface area contributed by atoms with Crippen LogP contribution >= 0.6 is 0 Å². The number of morpholine rings is 1. The van der Waals surface area contributed by atoms with E-state index in [0.29, 0.717) is 58.7 Å². The van der Waals surface area contributed by atoms with Gasteiger partial charge in [-0.2, -0.15) is 5.26 Å². The molecule has 2 aliphatic heterocycles. The lowest BCUT2D eigenvalue weighted by atomic mass is 9.85. The molecule has 0 radical (unpaired) electrons. The van der Waals surface area contributed by atoms with E-state index in [0.717, 1.165) is 5.69 Å².